The molecule has 0 atom stereocenters. The fraction of sp³-hybridized carbons (Fsp3) is 0.125. The zero-order valence-electron chi connectivity index (χ0n) is 12.2. The summed E-state index contributed by atoms with van der Waals surface area (Å²) in [6, 6.07) is 6.10. The van der Waals surface area contributed by atoms with Gasteiger partial charge in [-0.1, -0.05) is 11.6 Å². The number of benzene rings is 2. The Morgan fingerprint density at radius 2 is 1.96 bits per heavy atom. The van der Waals surface area contributed by atoms with Crippen molar-refractivity contribution >= 4 is 33.5 Å². The average Bonchev–Trinajstić information content (AvgIpc) is 2.53. The topological polar surface area (TPSA) is 59.3 Å². The zero-order chi connectivity index (χ0) is 17.9. The second-order valence-corrected chi connectivity index (χ2v) is 5.73. The number of carbonyl (C=O) groups is 1. The van der Waals surface area contributed by atoms with Crippen molar-refractivity contribution in [3.05, 3.63) is 56.5 Å². The normalized spacial score (nSPS) is 10.2. The molecule has 2 aromatic rings. The maximum Gasteiger partial charge on any atom is 0.345 e. The Labute approximate surface area is 149 Å². The Hall–Kier alpha value is -2.17. The van der Waals surface area contributed by atoms with Crippen LogP contribution >= 0.6 is 27.5 Å². The molecule has 0 aliphatic rings. The summed E-state index contributed by atoms with van der Waals surface area (Å²) in [7, 11) is 0. The van der Waals surface area contributed by atoms with Crippen LogP contribution in [-0.4, -0.2) is 12.6 Å². The Bertz CT molecular complexity index is 852. The first-order chi connectivity index (χ1) is 11.4. The van der Waals surface area contributed by atoms with Crippen molar-refractivity contribution in [1.29, 1.82) is 5.26 Å². The standard InChI is InChI=1S/C16H9BrClF2NO3/c1-2-23-14-4-8(7-21)3-10(17)15(14)24-16(22)9-5-12(19)13(20)6-11(9)18/h3-6H,2H2,1H3. The lowest BCUT2D eigenvalue weighted by Gasteiger charge is -2.13. The summed E-state index contributed by atoms with van der Waals surface area (Å²) < 4.78 is 37.2. The predicted octanol–water partition coefficient (Wildman–Crippen LogP) is 4.87. The molecule has 4 nitrogen and oxygen atoms in total. The second kappa shape index (κ2) is 7.60. The first-order valence-corrected chi connectivity index (χ1v) is 7.77. The number of ether oxygens (including phenoxy) is 2. The van der Waals surface area contributed by atoms with Gasteiger partial charge in [-0.3, -0.25) is 0 Å². The molecule has 0 unspecified atom stereocenters. The van der Waals surface area contributed by atoms with Gasteiger partial charge in [0, 0.05) is 6.07 Å². The predicted molar refractivity (Wildman–Crippen MR) is 86.4 cm³/mol. The molecule has 0 radical (unpaired) electrons. The first-order valence-electron chi connectivity index (χ1n) is 6.60. The van der Waals surface area contributed by atoms with E-state index in [0.29, 0.717) is 12.1 Å². The number of carbonyl (C=O) groups excluding carboxylic acids is 1. The van der Waals surface area contributed by atoms with Gasteiger partial charge >= 0.3 is 5.97 Å². The SMILES string of the molecule is CCOc1cc(C#N)cc(Br)c1OC(=O)c1cc(F)c(F)cc1Cl. The Kier molecular flexibility index (Phi) is 5.75. The highest BCUT2D eigenvalue weighted by Gasteiger charge is 2.21. The van der Waals surface area contributed by atoms with Gasteiger partial charge in [-0.05, 0) is 41.1 Å². The van der Waals surface area contributed by atoms with Gasteiger partial charge in [0.2, 0.25) is 0 Å². The van der Waals surface area contributed by atoms with Gasteiger partial charge < -0.3 is 9.47 Å². The fourth-order valence-electron chi connectivity index (χ4n) is 1.82. The van der Waals surface area contributed by atoms with E-state index in [1.807, 2.05) is 6.07 Å². The minimum Gasteiger partial charge on any atom is -0.490 e. The quantitative estimate of drug-likeness (QED) is 0.405. The van der Waals surface area contributed by atoms with Crippen molar-refractivity contribution in [2.24, 2.45) is 0 Å². The number of esters is 1. The monoisotopic (exact) mass is 415 g/mol. The van der Waals surface area contributed by atoms with Crippen LogP contribution in [0.1, 0.15) is 22.8 Å². The number of nitriles is 1. The number of halogens is 4. The van der Waals surface area contributed by atoms with Gasteiger partial charge in [0.05, 0.1) is 33.3 Å². The van der Waals surface area contributed by atoms with Gasteiger partial charge in [0.1, 0.15) is 0 Å². The van der Waals surface area contributed by atoms with Gasteiger partial charge in [-0.15, -0.1) is 0 Å². The highest BCUT2D eigenvalue weighted by atomic mass is 79.9. The molecule has 2 aromatic carbocycles. The minimum absolute atomic E-state index is 0.00153. The molecule has 0 saturated carbocycles. The highest BCUT2D eigenvalue weighted by molar-refractivity contribution is 9.10. The van der Waals surface area contributed by atoms with Crippen LogP contribution in [0.15, 0.2) is 28.7 Å². The van der Waals surface area contributed by atoms with Crippen LogP contribution in [-0.2, 0) is 0 Å². The van der Waals surface area contributed by atoms with Crippen LogP contribution in [0.5, 0.6) is 11.5 Å². The molecular weight excluding hydrogens is 408 g/mol. The molecule has 8 heteroatoms. The molecule has 0 bridgehead atoms. The van der Waals surface area contributed by atoms with Crippen LogP contribution in [0.4, 0.5) is 8.78 Å². The maximum atomic E-state index is 13.3. The van der Waals surface area contributed by atoms with E-state index in [4.69, 9.17) is 26.3 Å². The third kappa shape index (κ3) is 3.83. The number of hydrogen-bond donors (Lipinski definition) is 0. The van der Waals surface area contributed by atoms with Gasteiger partial charge in [0.15, 0.2) is 23.1 Å². The van der Waals surface area contributed by atoms with Gasteiger partial charge in [-0.2, -0.15) is 5.26 Å². The third-order valence-electron chi connectivity index (χ3n) is 2.86. The Morgan fingerprint density at radius 1 is 1.29 bits per heavy atom. The van der Waals surface area contributed by atoms with Gasteiger partial charge in [0.25, 0.3) is 0 Å². The molecule has 0 aromatic heterocycles. The van der Waals surface area contributed by atoms with Crippen molar-refractivity contribution in [2.45, 2.75) is 6.92 Å². The summed E-state index contributed by atoms with van der Waals surface area (Å²) in [6.07, 6.45) is 0. The Balaban J connectivity index is 2.42. The van der Waals surface area contributed by atoms with Crippen LogP contribution in [0.2, 0.25) is 5.02 Å². The van der Waals surface area contributed by atoms with Crippen molar-refractivity contribution in [3.8, 4) is 17.6 Å². The molecule has 0 saturated heterocycles. The molecule has 0 N–H and O–H groups in total. The molecule has 124 valence electrons. The lowest BCUT2D eigenvalue weighted by Crippen LogP contribution is -2.12. The number of nitrogens with zero attached hydrogens (tertiary/aromatic N) is 1. The largest absolute Gasteiger partial charge is 0.490 e. The smallest absolute Gasteiger partial charge is 0.345 e. The molecular formula is C16H9BrClF2NO3. The van der Waals surface area contributed by atoms with E-state index in [9.17, 15) is 13.6 Å². The summed E-state index contributed by atoms with van der Waals surface area (Å²) >= 11 is 8.94. The van der Waals surface area contributed by atoms with Crippen LogP contribution < -0.4 is 9.47 Å². The Morgan fingerprint density at radius 3 is 2.58 bits per heavy atom. The van der Waals surface area contributed by atoms with E-state index < -0.39 is 17.6 Å². The number of rotatable bonds is 4. The highest BCUT2D eigenvalue weighted by Crippen LogP contribution is 2.37. The maximum absolute atomic E-state index is 13.3. The molecule has 0 fully saturated rings. The lowest BCUT2D eigenvalue weighted by molar-refractivity contribution is 0.0726. The molecule has 0 spiro atoms. The molecule has 0 amide bonds. The molecule has 24 heavy (non-hydrogen) atoms. The summed E-state index contributed by atoms with van der Waals surface area (Å²) in [5.74, 6) is -3.25. The van der Waals surface area contributed by atoms with E-state index in [1.54, 1.807) is 6.92 Å². The molecule has 0 aliphatic carbocycles. The number of hydrogen-bond acceptors (Lipinski definition) is 4. The second-order valence-electron chi connectivity index (χ2n) is 4.47. The van der Waals surface area contributed by atoms with Crippen molar-refractivity contribution in [2.75, 3.05) is 6.61 Å². The van der Waals surface area contributed by atoms with Crippen LogP contribution in [0, 0.1) is 23.0 Å². The van der Waals surface area contributed by atoms with Crippen molar-refractivity contribution in [1.82, 2.24) is 0 Å². The van der Waals surface area contributed by atoms with E-state index in [1.165, 1.54) is 12.1 Å². The summed E-state index contributed by atoms with van der Waals surface area (Å²) in [4.78, 5) is 12.2. The summed E-state index contributed by atoms with van der Waals surface area (Å²) in [5, 5.41) is 8.68. The van der Waals surface area contributed by atoms with E-state index in [2.05, 4.69) is 15.9 Å². The summed E-state index contributed by atoms with van der Waals surface area (Å²) in [5.41, 5.74) is -0.0507. The van der Waals surface area contributed by atoms with Gasteiger partial charge in [-0.25, -0.2) is 13.6 Å². The van der Waals surface area contributed by atoms with E-state index >= 15 is 0 Å². The van der Waals surface area contributed by atoms with E-state index in [0.717, 1.165) is 0 Å². The van der Waals surface area contributed by atoms with Crippen LogP contribution in [0.25, 0.3) is 0 Å². The fourth-order valence-corrected chi connectivity index (χ4v) is 2.57. The van der Waals surface area contributed by atoms with E-state index in [-0.39, 0.29) is 38.7 Å². The van der Waals surface area contributed by atoms with Crippen molar-refractivity contribution < 1.29 is 23.0 Å². The molecule has 2 rings (SSSR count). The van der Waals surface area contributed by atoms with Crippen LogP contribution in [0.3, 0.4) is 0 Å². The minimum atomic E-state index is -1.23. The van der Waals surface area contributed by atoms with Crippen molar-refractivity contribution in [3.63, 3.8) is 0 Å². The average molecular weight is 417 g/mol. The lowest BCUT2D eigenvalue weighted by atomic mass is 10.2. The zero-order valence-corrected chi connectivity index (χ0v) is 14.5. The summed E-state index contributed by atoms with van der Waals surface area (Å²) in [6.45, 7) is 1.97. The third-order valence-corrected chi connectivity index (χ3v) is 3.76. The first kappa shape index (κ1) is 18.2. The molecule has 0 aliphatic heterocycles. The molecule has 0 heterocycles.